The van der Waals surface area contributed by atoms with Crippen molar-refractivity contribution in [1.29, 1.82) is 0 Å². The van der Waals surface area contributed by atoms with Crippen molar-refractivity contribution < 1.29 is 0 Å². The highest BCUT2D eigenvalue weighted by Crippen LogP contribution is 2.46. The fourth-order valence-electron chi connectivity index (χ4n) is 1.06. The number of tetrazole rings is 1. The van der Waals surface area contributed by atoms with Crippen LogP contribution >= 0.6 is 0 Å². The van der Waals surface area contributed by atoms with Crippen LogP contribution < -0.4 is 5.73 Å². The zero-order valence-corrected chi connectivity index (χ0v) is 6.49. The molecule has 0 saturated heterocycles. The molecule has 1 heterocycles. The number of hydrogen-bond donors (Lipinski definition) is 1. The summed E-state index contributed by atoms with van der Waals surface area (Å²) >= 11 is 0. The average Bonchev–Trinajstić information content (AvgIpc) is 2.54. The summed E-state index contributed by atoms with van der Waals surface area (Å²) in [6.45, 7) is 3.07. The molecule has 0 aromatic carbocycles. The molecule has 1 saturated carbocycles. The van der Waals surface area contributed by atoms with Gasteiger partial charge in [0.15, 0.2) is 0 Å². The highest BCUT2D eigenvalue weighted by Gasteiger charge is 2.38. The molecule has 0 amide bonds. The molecule has 0 radical (unpaired) electrons. The molecule has 11 heavy (non-hydrogen) atoms. The number of nitrogens with two attached hydrogens (primary N) is 1. The van der Waals surface area contributed by atoms with Crippen molar-refractivity contribution in [2.45, 2.75) is 26.3 Å². The molecule has 5 nitrogen and oxygen atoms in total. The van der Waals surface area contributed by atoms with Gasteiger partial charge < -0.3 is 5.73 Å². The Bertz CT molecular complexity index is 262. The Balaban J connectivity index is 2.12. The maximum Gasteiger partial charge on any atom is 0.240 e. The molecule has 60 valence electrons. The highest BCUT2D eigenvalue weighted by molar-refractivity contribution is 5.11. The van der Waals surface area contributed by atoms with Crippen LogP contribution in [0.25, 0.3) is 0 Å². The fraction of sp³-hybridized carbons (Fsp3) is 0.833. The van der Waals surface area contributed by atoms with Gasteiger partial charge in [-0.05, 0) is 28.7 Å². The first-order valence-corrected chi connectivity index (χ1v) is 3.71. The maximum atomic E-state index is 5.50. The summed E-state index contributed by atoms with van der Waals surface area (Å²) in [4.78, 5) is 0. The predicted octanol–water partition coefficient (Wildman–Crippen LogP) is 0.0554. The summed E-state index contributed by atoms with van der Waals surface area (Å²) in [6, 6.07) is 0. The lowest BCUT2D eigenvalue weighted by Crippen LogP contribution is -2.12. The Hall–Kier alpha value is -1.13. The van der Waals surface area contributed by atoms with Crippen LogP contribution in [0.15, 0.2) is 0 Å². The van der Waals surface area contributed by atoms with Gasteiger partial charge in [-0.2, -0.15) is 0 Å². The number of nitrogen functional groups attached to an aromatic ring is 1. The van der Waals surface area contributed by atoms with E-state index in [1.807, 2.05) is 0 Å². The summed E-state index contributed by atoms with van der Waals surface area (Å²) < 4.78 is 1.66. The SMILES string of the molecule is CC1(Cn2nnnc2N)CC1. The van der Waals surface area contributed by atoms with Crippen LogP contribution in [0.2, 0.25) is 0 Å². The van der Waals surface area contributed by atoms with E-state index in [0.717, 1.165) is 6.54 Å². The van der Waals surface area contributed by atoms with Gasteiger partial charge in [-0.1, -0.05) is 12.0 Å². The van der Waals surface area contributed by atoms with Gasteiger partial charge in [-0.15, -0.1) is 0 Å². The molecule has 1 aromatic rings. The van der Waals surface area contributed by atoms with Crippen LogP contribution in [-0.4, -0.2) is 20.2 Å². The lowest BCUT2D eigenvalue weighted by Gasteiger charge is -2.06. The minimum Gasteiger partial charge on any atom is -0.367 e. The van der Waals surface area contributed by atoms with Gasteiger partial charge in [0.25, 0.3) is 0 Å². The number of hydrogen-bond acceptors (Lipinski definition) is 4. The van der Waals surface area contributed by atoms with Crippen LogP contribution in [-0.2, 0) is 6.54 Å². The summed E-state index contributed by atoms with van der Waals surface area (Å²) in [5.74, 6) is 0.415. The van der Waals surface area contributed by atoms with Crippen molar-refractivity contribution in [1.82, 2.24) is 20.2 Å². The second kappa shape index (κ2) is 1.93. The van der Waals surface area contributed by atoms with Crippen molar-refractivity contribution in [3.8, 4) is 0 Å². The van der Waals surface area contributed by atoms with E-state index in [-0.39, 0.29) is 0 Å². The van der Waals surface area contributed by atoms with Gasteiger partial charge in [0, 0.05) is 0 Å². The summed E-state index contributed by atoms with van der Waals surface area (Å²) in [6.07, 6.45) is 2.51. The van der Waals surface area contributed by atoms with E-state index in [9.17, 15) is 0 Å². The zero-order chi connectivity index (χ0) is 7.90. The van der Waals surface area contributed by atoms with Crippen LogP contribution in [0.4, 0.5) is 5.95 Å². The van der Waals surface area contributed by atoms with Gasteiger partial charge in [0.1, 0.15) is 0 Å². The Morgan fingerprint density at radius 1 is 1.64 bits per heavy atom. The predicted molar refractivity (Wildman–Crippen MR) is 39.6 cm³/mol. The standard InChI is InChI=1S/C6H11N5/c1-6(2-3-6)4-11-5(7)8-9-10-11/h2-4H2,1H3,(H2,7,8,10). The molecule has 0 unspecified atom stereocenters. The van der Waals surface area contributed by atoms with Crippen LogP contribution in [0.1, 0.15) is 19.8 Å². The Morgan fingerprint density at radius 3 is 2.82 bits per heavy atom. The van der Waals surface area contributed by atoms with Gasteiger partial charge in [0.2, 0.25) is 5.95 Å². The minimum absolute atomic E-state index is 0.406. The second-order valence-electron chi connectivity index (χ2n) is 3.51. The second-order valence-corrected chi connectivity index (χ2v) is 3.51. The van der Waals surface area contributed by atoms with Crippen molar-refractivity contribution >= 4 is 5.95 Å². The molecule has 0 spiro atoms. The zero-order valence-electron chi connectivity index (χ0n) is 6.49. The monoisotopic (exact) mass is 153 g/mol. The third kappa shape index (κ3) is 1.18. The van der Waals surface area contributed by atoms with E-state index in [1.165, 1.54) is 12.8 Å². The summed E-state index contributed by atoms with van der Waals surface area (Å²) in [5, 5.41) is 10.9. The smallest absolute Gasteiger partial charge is 0.240 e. The van der Waals surface area contributed by atoms with Crippen molar-refractivity contribution in [3.05, 3.63) is 0 Å². The topological polar surface area (TPSA) is 69.6 Å². The molecule has 1 aliphatic carbocycles. The van der Waals surface area contributed by atoms with Crippen molar-refractivity contribution in [2.24, 2.45) is 5.41 Å². The number of aromatic nitrogens is 4. The van der Waals surface area contributed by atoms with E-state index in [1.54, 1.807) is 4.68 Å². The van der Waals surface area contributed by atoms with E-state index in [2.05, 4.69) is 22.4 Å². The fourth-order valence-corrected chi connectivity index (χ4v) is 1.06. The van der Waals surface area contributed by atoms with E-state index < -0.39 is 0 Å². The minimum atomic E-state index is 0.406. The first-order valence-electron chi connectivity index (χ1n) is 3.71. The molecule has 1 fully saturated rings. The van der Waals surface area contributed by atoms with E-state index in [4.69, 9.17) is 5.73 Å². The van der Waals surface area contributed by atoms with Crippen LogP contribution in [0.5, 0.6) is 0 Å². The molecular formula is C6H11N5. The molecule has 1 aliphatic rings. The summed E-state index contributed by atoms with van der Waals surface area (Å²) in [7, 11) is 0. The van der Waals surface area contributed by atoms with Crippen LogP contribution in [0.3, 0.4) is 0 Å². The lowest BCUT2D eigenvalue weighted by molar-refractivity contribution is 0.428. The molecule has 0 bridgehead atoms. The summed E-state index contributed by atoms with van der Waals surface area (Å²) in [5.41, 5.74) is 5.91. The quantitative estimate of drug-likeness (QED) is 0.652. The molecule has 2 rings (SSSR count). The highest BCUT2D eigenvalue weighted by atomic mass is 15.6. The average molecular weight is 153 g/mol. The van der Waals surface area contributed by atoms with Crippen LogP contribution in [0, 0.1) is 5.41 Å². The first kappa shape index (κ1) is 6.57. The van der Waals surface area contributed by atoms with Crippen molar-refractivity contribution in [3.63, 3.8) is 0 Å². The molecule has 5 heteroatoms. The lowest BCUT2D eigenvalue weighted by atomic mass is 10.1. The van der Waals surface area contributed by atoms with Crippen molar-refractivity contribution in [2.75, 3.05) is 5.73 Å². The third-order valence-corrected chi connectivity index (χ3v) is 2.19. The molecule has 0 aliphatic heterocycles. The normalized spacial score (nSPS) is 20.1. The Labute approximate surface area is 64.6 Å². The maximum absolute atomic E-state index is 5.50. The van der Waals surface area contributed by atoms with E-state index in [0.29, 0.717) is 11.4 Å². The number of nitrogens with zero attached hydrogens (tertiary/aromatic N) is 4. The Kier molecular flexibility index (Phi) is 1.15. The third-order valence-electron chi connectivity index (χ3n) is 2.19. The molecule has 0 atom stereocenters. The molecule has 2 N–H and O–H groups in total. The van der Waals surface area contributed by atoms with Gasteiger partial charge >= 0.3 is 0 Å². The van der Waals surface area contributed by atoms with Gasteiger partial charge in [0.05, 0.1) is 6.54 Å². The molecular weight excluding hydrogens is 142 g/mol. The number of rotatable bonds is 2. The first-order chi connectivity index (χ1) is 5.20. The largest absolute Gasteiger partial charge is 0.367 e. The van der Waals surface area contributed by atoms with Gasteiger partial charge in [-0.3, -0.25) is 0 Å². The molecule has 1 aromatic heterocycles. The number of anilines is 1. The van der Waals surface area contributed by atoms with E-state index >= 15 is 0 Å². The Morgan fingerprint density at radius 2 is 2.36 bits per heavy atom. The van der Waals surface area contributed by atoms with Gasteiger partial charge in [-0.25, -0.2) is 4.68 Å².